The molecule has 0 heterocycles. The maximum absolute atomic E-state index is 13.8. The summed E-state index contributed by atoms with van der Waals surface area (Å²) in [5.74, 6) is 0.0329. The van der Waals surface area contributed by atoms with Crippen molar-refractivity contribution in [1.29, 1.82) is 0 Å². The fourth-order valence-corrected chi connectivity index (χ4v) is 2.41. The highest BCUT2D eigenvalue weighted by molar-refractivity contribution is 6.11. The lowest BCUT2D eigenvalue weighted by molar-refractivity contribution is 0.103. The molecule has 2 rings (SSSR count). The normalized spacial score (nSPS) is 10.2. The Morgan fingerprint density at radius 3 is 1.68 bits per heavy atom. The lowest BCUT2D eigenvalue weighted by Gasteiger charge is -2.15. The van der Waals surface area contributed by atoms with Gasteiger partial charge in [0.1, 0.15) is 5.75 Å². The fourth-order valence-electron chi connectivity index (χ4n) is 2.41. The van der Waals surface area contributed by atoms with Gasteiger partial charge in [0.05, 0.1) is 41.1 Å². The number of ether oxygens (including phenoxy) is 5. The van der Waals surface area contributed by atoms with Gasteiger partial charge in [-0.15, -0.1) is 0 Å². The van der Waals surface area contributed by atoms with Gasteiger partial charge in [-0.3, -0.25) is 4.79 Å². The van der Waals surface area contributed by atoms with E-state index in [0.29, 0.717) is 17.2 Å². The van der Waals surface area contributed by atoms with Crippen LogP contribution in [0.3, 0.4) is 0 Å². The Morgan fingerprint density at radius 2 is 1.24 bits per heavy atom. The average molecular weight is 350 g/mol. The third-order valence-corrected chi connectivity index (χ3v) is 3.65. The van der Waals surface area contributed by atoms with E-state index in [0.717, 1.165) is 6.07 Å². The van der Waals surface area contributed by atoms with Gasteiger partial charge in [0.15, 0.2) is 28.8 Å². The largest absolute Gasteiger partial charge is 0.496 e. The molecule has 0 amide bonds. The van der Waals surface area contributed by atoms with Gasteiger partial charge < -0.3 is 23.7 Å². The van der Waals surface area contributed by atoms with Crippen molar-refractivity contribution in [2.24, 2.45) is 0 Å². The van der Waals surface area contributed by atoms with Crippen molar-refractivity contribution in [2.75, 3.05) is 35.5 Å². The molecule has 6 nitrogen and oxygen atoms in total. The summed E-state index contributed by atoms with van der Waals surface area (Å²) in [6.45, 7) is 0. The topological polar surface area (TPSA) is 63.2 Å². The van der Waals surface area contributed by atoms with Crippen molar-refractivity contribution >= 4 is 5.78 Å². The molecule has 0 fully saturated rings. The molecule has 0 saturated heterocycles. The summed E-state index contributed by atoms with van der Waals surface area (Å²) in [6, 6.07) is 5.42. The zero-order valence-corrected chi connectivity index (χ0v) is 14.6. The van der Waals surface area contributed by atoms with Gasteiger partial charge in [0, 0.05) is 11.6 Å². The van der Waals surface area contributed by atoms with E-state index in [9.17, 15) is 9.18 Å². The number of halogens is 1. The maximum atomic E-state index is 13.8. The van der Waals surface area contributed by atoms with E-state index >= 15 is 0 Å². The van der Waals surface area contributed by atoms with Crippen LogP contribution in [0.4, 0.5) is 4.39 Å². The van der Waals surface area contributed by atoms with Gasteiger partial charge in [0.25, 0.3) is 0 Å². The van der Waals surface area contributed by atoms with Crippen LogP contribution in [0, 0.1) is 5.82 Å². The molecule has 7 heteroatoms. The molecule has 0 radical (unpaired) electrons. The minimum absolute atomic E-state index is 0.0587. The Morgan fingerprint density at radius 1 is 0.720 bits per heavy atom. The van der Waals surface area contributed by atoms with Crippen LogP contribution < -0.4 is 23.7 Å². The molecule has 0 spiro atoms. The Labute approximate surface area is 145 Å². The molecular formula is C18H19FO6. The highest BCUT2D eigenvalue weighted by Gasteiger charge is 2.22. The first kappa shape index (κ1) is 18.4. The van der Waals surface area contributed by atoms with E-state index < -0.39 is 11.6 Å². The molecule has 0 aliphatic carbocycles. The van der Waals surface area contributed by atoms with Gasteiger partial charge >= 0.3 is 0 Å². The summed E-state index contributed by atoms with van der Waals surface area (Å²) in [5, 5.41) is 0. The van der Waals surface area contributed by atoms with Crippen LogP contribution in [0.15, 0.2) is 24.3 Å². The van der Waals surface area contributed by atoms with Crippen molar-refractivity contribution in [2.45, 2.75) is 0 Å². The highest BCUT2D eigenvalue weighted by Crippen LogP contribution is 2.39. The summed E-state index contributed by atoms with van der Waals surface area (Å²) in [4.78, 5) is 12.9. The standard InChI is InChI=1S/C18H19FO6/c1-21-13-9-12(19)14(22-2)8-11(13)17(20)10-6-15(23-3)18(25-5)16(7-10)24-4/h6-9H,1-5H3. The minimum Gasteiger partial charge on any atom is -0.496 e. The van der Waals surface area contributed by atoms with Crippen LogP contribution in [0.1, 0.15) is 15.9 Å². The highest BCUT2D eigenvalue weighted by atomic mass is 19.1. The molecule has 0 unspecified atom stereocenters. The molecule has 134 valence electrons. The molecule has 2 aromatic rings. The third-order valence-electron chi connectivity index (χ3n) is 3.65. The van der Waals surface area contributed by atoms with Gasteiger partial charge in [-0.2, -0.15) is 0 Å². The molecule has 0 aliphatic rings. The second kappa shape index (κ2) is 7.74. The first-order valence-electron chi connectivity index (χ1n) is 7.26. The number of ketones is 1. The Kier molecular flexibility index (Phi) is 5.69. The number of carbonyl (C=O) groups excluding carboxylic acids is 1. The number of rotatable bonds is 7. The molecule has 0 aliphatic heterocycles. The summed E-state index contributed by atoms with van der Waals surface area (Å²) < 4.78 is 39.7. The number of hydrogen-bond acceptors (Lipinski definition) is 6. The fraction of sp³-hybridized carbons (Fsp3) is 0.278. The van der Waals surface area contributed by atoms with E-state index in [-0.39, 0.29) is 22.6 Å². The van der Waals surface area contributed by atoms with Crippen LogP contribution in [0.25, 0.3) is 0 Å². The number of carbonyl (C=O) groups is 1. The monoisotopic (exact) mass is 350 g/mol. The summed E-state index contributed by atoms with van der Waals surface area (Å²) in [7, 11) is 7.04. The molecule has 0 N–H and O–H groups in total. The lowest BCUT2D eigenvalue weighted by atomic mass is 10.0. The summed E-state index contributed by atoms with van der Waals surface area (Å²) in [6.07, 6.45) is 0. The second-order valence-electron chi connectivity index (χ2n) is 4.93. The van der Waals surface area contributed by atoms with E-state index in [1.807, 2.05) is 0 Å². The first-order chi connectivity index (χ1) is 12.0. The molecular weight excluding hydrogens is 331 g/mol. The smallest absolute Gasteiger partial charge is 0.203 e. The summed E-state index contributed by atoms with van der Waals surface area (Å²) in [5.41, 5.74) is 0.413. The first-order valence-corrected chi connectivity index (χ1v) is 7.26. The van der Waals surface area contributed by atoms with Crippen LogP contribution >= 0.6 is 0 Å². The Bertz CT molecular complexity index is 762. The van der Waals surface area contributed by atoms with Crippen molar-refractivity contribution < 1.29 is 32.9 Å². The van der Waals surface area contributed by atoms with Crippen molar-refractivity contribution in [1.82, 2.24) is 0 Å². The number of methoxy groups -OCH3 is 5. The van der Waals surface area contributed by atoms with Crippen molar-refractivity contribution in [3.63, 3.8) is 0 Å². The second-order valence-corrected chi connectivity index (χ2v) is 4.93. The predicted molar refractivity (Wildman–Crippen MR) is 89.0 cm³/mol. The molecule has 0 aromatic heterocycles. The molecule has 25 heavy (non-hydrogen) atoms. The van der Waals surface area contributed by atoms with E-state index in [1.165, 1.54) is 53.7 Å². The summed E-state index contributed by atoms with van der Waals surface area (Å²) >= 11 is 0. The van der Waals surface area contributed by atoms with E-state index in [4.69, 9.17) is 23.7 Å². The van der Waals surface area contributed by atoms with Gasteiger partial charge in [-0.05, 0) is 18.2 Å². The average Bonchev–Trinajstić information content (AvgIpc) is 2.65. The van der Waals surface area contributed by atoms with Gasteiger partial charge in [0.2, 0.25) is 5.75 Å². The van der Waals surface area contributed by atoms with Crippen molar-refractivity contribution in [3.8, 4) is 28.7 Å². The minimum atomic E-state index is -0.624. The number of hydrogen-bond donors (Lipinski definition) is 0. The SMILES string of the molecule is COc1cc(C(=O)c2cc(OC)c(OC)c(OC)c2)c(OC)cc1F. The lowest BCUT2D eigenvalue weighted by Crippen LogP contribution is -2.07. The molecule has 2 aromatic carbocycles. The van der Waals surface area contributed by atoms with Crippen LogP contribution in [-0.4, -0.2) is 41.3 Å². The quantitative estimate of drug-likeness (QED) is 0.715. The van der Waals surface area contributed by atoms with Crippen LogP contribution in [0.5, 0.6) is 28.7 Å². The van der Waals surface area contributed by atoms with Gasteiger partial charge in [-0.25, -0.2) is 4.39 Å². The van der Waals surface area contributed by atoms with Crippen LogP contribution in [0.2, 0.25) is 0 Å². The van der Waals surface area contributed by atoms with Gasteiger partial charge in [-0.1, -0.05) is 0 Å². The Balaban J connectivity index is 2.61. The molecule has 0 saturated carbocycles. The Hall–Kier alpha value is -2.96. The van der Waals surface area contributed by atoms with E-state index in [2.05, 4.69) is 0 Å². The number of benzene rings is 2. The van der Waals surface area contributed by atoms with Crippen molar-refractivity contribution in [3.05, 3.63) is 41.2 Å². The van der Waals surface area contributed by atoms with E-state index in [1.54, 1.807) is 0 Å². The zero-order chi connectivity index (χ0) is 18.6. The third kappa shape index (κ3) is 3.45. The molecule has 0 atom stereocenters. The zero-order valence-electron chi connectivity index (χ0n) is 14.6. The predicted octanol–water partition coefficient (Wildman–Crippen LogP) is 3.10. The van der Waals surface area contributed by atoms with Crippen LogP contribution in [-0.2, 0) is 0 Å². The maximum Gasteiger partial charge on any atom is 0.203 e. The molecule has 0 bridgehead atoms.